The second kappa shape index (κ2) is 4.09. The molecule has 0 fully saturated rings. The van der Waals surface area contributed by atoms with E-state index in [0.717, 1.165) is 22.4 Å². The Kier molecular flexibility index (Phi) is 2.52. The second-order valence-corrected chi connectivity index (χ2v) is 4.65. The van der Waals surface area contributed by atoms with Gasteiger partial charge in [0.2, 0.25) is 0 Å². The third kappa shape index (κ3) is 1.68. The van der Waals surface area contributed by atoms with E-state index in [1.807, 2.05) is 32.9 Å². The van der Waals surface area contributed by atoms with Gasteiger partial charge in [0, 0.05) is 28.9 Å². The molecule has 4 heteroatoms. The molecule has 0 aliphatic carbocycles. The van der Waals surface area contributed by atoms with Gasteiger partial charge in [-0.2, -0.15) is 0 Å². The van der Waals surface area contributed by atoms with Crippen molar-refractivity contribution >= 4 is 16.8 Å². The zero-order valence-electron chi connectivity index (χ0n) is 11.1. The lowest BCUT2D eigenvalue weighted by Crippen LogP contribution is -2.03. The fraction of sp³-hybridized carbons (Fsp3) is 0.200. The Morgan fingerprint density at radius 2 is 2.05 bits per heavy atom. The van der Waals surface area contributed by atoms with Gasteiger partial charge in [-0.3, -0.25) is 4.79 Å². The van der Waals surface area contributed by atoms with Gasteiger partial charge in [-0.15, -0.1) is 0 Å². The van der Waals surface area contributed by atoms with Crippen molar-refractivity contribution in [2.24, 2.45) is 0 Å². The van der Waals surface area contributed by atoms with Crippen LogP contribution in [0.2, 0.25) is 0 Å². The fourth-order valence-corrected chi connectivity index (χ4v) is 2.41. The number of ketones is 1. The Hall–Kier alpha value is -2.36. The molecule has 19 heavy (non-hydrogen) atoms. The minimum Gasteiger partial charge on any atom is -0.466 e. The number of aromatic amines is 1. The summed E-state index contributed by atoms with van der Waals surface area (Å²) < 4.78 is 5.53. The Morgan fingerprint density at radius 1 is 1.26 bits per heavy atom. The first-order chi connectivity index (χ1) is 9.09. The summed E-state index contributed by atoms with van der Waals surface area (Å²) in [5.74, 6) is 1.43. The largest absolute Gasteiger partial charge is 0.466 e. The molecule has 3 aromatic heterocycles. The highest BCUT2D eigenvalue weighted by Gasteiger charge is 2.22. The number of aryl methyl sites for hydroxylation is 2. The lowest BCUT2D eigenvalue weighted by Gasteiger charge is -1.99. The molecule has 0 aliphatic heterocycles. The van der Waals surface area contributed by atoms with Crippen LogP contribution in [0, 0.1) is 20.8 Å². The topological polar surface area (TPSA) is 58.9 Å². The molecule has 0 saturated carbocycles. The van der Waals surface area contributed by atoms with E-state index >= 15 is 0 Å². The molecule has 0 spiro atoms. The van der Waals surface area contributed by atoms with Gasteiger partial charge in [0.15, 0.2) is 5.78 Å². The molecule has 0 radical (unpaired) electrons. The van der Waals surface area contributed by atoms with Crippen LogP contribution in [0.4, 0.5) is 0 Å². The third-order valence-corrected chi connectivity index (χ3v) is 3.48. The van der Waals surface area contributed by atoms with E-state index in [9.17, 15) is 4.79 Å². The summed E-state index contributed by atoms with van der Waals surface area (Å²) in [6.07, 6.45) is 3.41. The number of rotatable bonds is 2. The van der Waals surface area contributed by atoms with E-state index < -0.39 is 0 Å². The van der Waals surface area contributed by atoms with Crippen LogP contribution in [0.5, 0.6) is 0 Å². The zero-order chi connectivity index (χ0) is 13.6. The van der Waals surface area contributed by atoms with Gasteiger partial charge >= 0.3 is 0 Å². The van der Waals surface area contributed by atoms with Crippen molar-refractivity contribution in [1.82, 2.24) is 9.97 Å². The number of hydrogen-bond acceptors (Lipinski definition) is 3. The number of H-pyrrole nitrogens is 1. The van der Waals surface area contributed by atoms with Crippen LogP contribution in [0.1, 0.15) is 33.0 Å². The zero-order valence-corrected chi connectivity index (χ0v) is 11.1. The van der Waals surface area contributed by atoms with Crippen LogP contribution >= 0.6 is 0 Å². The maximum Gasteiger partial charge on any atom is 0.199 e. The molecule has 0 bridgehead atoms. The van der Waals surface area contributed by atoms with Crippen LogP contribution in [0.15, 0.2) is 28.9 Å². The number of furan rings is 1. The predicted molar refractivity (Wildman–Crippen MR) is 72.4 cm³/mol. The maximum atomic E-state index is 12.7. The highest BCUT2D eigenvalue weighted by molar-refractivity contribution is 6.17. The van der Waals surface area contributed by atoms with Gasteiger partial charge in [0.25, 0.3) is 0 Å². The van der Waals surface area contributed by atoms with Crippen LogP contribution in [0.3, 0.4) is 0 Å². The molecule has 3 heterocycles. The summed E-state index contributed by atoms with van der Waals surface area (Å²) in [6, 6.07) is 3.72. The molecule has 3 rings (SSSR count). The van der Waals surface area contributed by atoms with Crippen molar-refractivity contribution < 1.29 is 9.21 Å². The second-order valence-electron chi connectivity index (χ2n) is 4.65. The Labute approximate surface area is 110 Å². The van der Waals surface area contributed by atoms with Crippen molar-refractivity contribution in [3.8, 4) is 0 Å². The number of fused-ring (bicyclic) bond motifs is 1. The smallest absolute Gasteiger partial charge is 0.199 e. The quantitative estimate of drug-likeness (QED) is 0.714. The van der Waals surface area contributed by atoms with Crippen LogP contribution in [0.25, 0.3) is 11.0 Å². The summed E-state index contributed by atoms with van der Waals surface area (Å²) in [4.78, 5) is 19.9. The molecule has 0 amide bonds. The first-order valence-electron chi connectivity index (χ1n) is 6.13. The molecule has 0 atom stereocenters. The van der Waals surface area contributed by atoms with Gasteiger partial charge in [-0.25, -0.2) is 4.98 Å². The summed E-state index contributed by atoms with van der Waals surface area (Å²) in [7, 11) is 0. The monoisotopic (exact) mass is 254 g/mol. The molecule has 3 aromatic rings. The molecule has 0 saturated heterocycles. The number of pyridine rings is 1. The van der Waals surface area contributed by atoms with Gasteiger partial charge in [0.1, 0.15) is 17.2 Å². The minimum absolute atomic E-state index is 0.0221. The summed E-state index contributed by atoms with van der Waals surface area (Å²) in [5.41, 5.74) is 2.92. The van der Waals surface area contributed by atoms with Crippen molar-refractivity contribution in [3.63, 3.8) is 0 Å². The van der Waals surface area contributed by atoms with Crippen LogP contribution < -0.4 is 0 Å². The van der Waals surface area contributed by atoms with E-state index in [4.69, 9.17) is 4.42 Å². The van der Waals surface area contributed by atoms with Crippen LogP contribution in [-0.4, -0.2) is 15.8 Å². The number of nitrogens with one attached hydrogen (secondary N) is 1. The standard InChI is InChI=1S/C15H14N2O2/c1-8-9(2)19-10(3)13(8)14(18)12-7-17-15-11(12)5-4-6-16-15/h4-7H,1-3H3,(H,16,17). The van der Waals surface area contributed by atoms with E-state index in [1.54, 1.807) is 12.4 Å². The van der Waals surface area contributed by atoms with Crippen molar-refractivity contribution in [1.29, 1.82) is 0 Å². The van der Waals surface area contributed by atoms with Crippen LogP contribution in [-0.2, 0) is 0 Å². The molecular weight excluding hydrogens is 240 g/mol. The normalized spacial score (nSPS) is 11.1. The summed E-state index contributed by atoms with van der Waals surface area (Å²) in [5, 5.41) is 0.838. The van der Waals surface area contributed by atoms with Crippen molar-refractivity contribution in [3.05, 3.63) is 52.7 Å². The highest BCUT2D eigenvalue weighted by Crippen LogP contribution is 2.26. The average molecular weight is 254 g/mol. The molecule has 4 nitrogen and oxygen atoms in total. The van der Waals surface area contributed by atoms with Gasteiger partial charge in [0.05, 0.1) is 5.56 Å². The average Bonchev–Trinajstić information content (AvgIpc) is 2.91. The van der Waals surface area contributed by atoms with E-state index in [2.05, 4.69) is 9.97 Å². The number of nitrogens with zero attached hydrogens (tertiary/aromatic N) is 1. The Balaban J connectivity index is 2.19. The summed E-state index contributed by atoms with van der Waals surface area (Å²) >= 11 is 0. The number of carbonyl (C=O) groups excluding carboxylic acids is 1. The predicted octanol–water partition coefficient (Wildman–Crippen LogP) is 3.31. The third-order valence-electron chi connectivity index (χ3n) is 3.48. The Bertz CT molecular complexity index is 781. The maximum absolute atomic E-state index is 12.7. The lowest BCUT2D eigenvalue weighted by atomic mass is 10.00. The van der Waals surface area contributed by atoms with E-state index in [0.29, 0.717) is 16.9 Å². The minimum atomic E-state index is -0.0221. The van der Waals surface area contributed by atoms with Gasteiger partial charge < -0.3 is 9.40 Å². The van der Waals surface area contributed by atoms with Crippen molar-refractivity contribution in [2.45, 2.75) is 20.8 Å². The molecule has 1 N–H and O–H groups in total. The van der Waals surface area contributed by atoms with E-state index in [1.165, 1.54) is 0 Å². The molecule has 96 valence electrons. The lowest BCUT2D eigenvalue weighted by molar-refractivity contribution is 0.103. The first-order valence-corrected chi connectivity index (χ1v) is 6.13. The van der Waals surface area contributed by atoms with Crippen molar-refractivity contribution in [2.75, 3.05) is 0 Å². The van der Waals surface area contributed by atoms with Gasteiger partial charge in [-0.05, 0) is 32.9 Å². The van der Waals surface area contributed by atoms with E-state index in [-0.39, 0.29) is 5.78 Å². The summed E-state index contributed by atoms with van der Waals surface area (Å²) in [6.45, 7) is 5.60. The molecular formula is C15H14N2O2. The SMILES string of the molecule is Cc1oc(C)c(C(=O)c2c[nH]c3ncccc23)c1C. The molecule has 0 aliphatic rings. The fourth-order valence-electron chi connectivity index (χ4n) is 2.41. The van der Waals surface area contributed by atoms with Gasteiger partial charge in [-0.1, -0.05) is 0 Å². The number of carbonyl (C=O) groups is 1. The first kappa shape index (κ1) is 11.7. The Morgan fingerprint density at radius 3 is 2.74 bits per heavy atom. The number of hydrogen-bond donors (Lipinski definition) is 1. The molecule has 0 aromatic carbocycles. The molecule has 0 unspecified atom stereocenters. The highest BCUT2D eigenvalue weighted by atomic mass is 16.3. The number of aromatic nitrogens is 2.